The molecule has 0 saturated carbocycles. The van der Waals surface area contributed by atoms with E-state index in [-0.39, 0.29) is 0 Å². The van der Waals surface area contributed by atoms with Crippen LogP contribution in [0.2, 0.25) is 0 Å². The van der Waals surface area contributed by atoms with E-state index in [0.717, 1.165) is 0 Å². The molecule has 0 N–H and O–H groups in total. The van der Waals surface area contributed by atoms with E-state index in [1.54, 1.807) is 11.7 Å². The maximum absolute atomic E-state index is 3.69. The second kappa shape index (κ2) is 1.17. The predicted molar refractivity (Wildman–Crippen MR) is 20.9 cm³/mol. The molecule has 0 fully saturated rings. The SMILES string of the molecule is [c-]1cncs1. The minimum Gasteiger partial charge on any atom is -0.368 e. The molecule has 0 unspecified atom stereocenters. The summed E-state index contributed by atoms with van der Waals surface area (Å²) >= 11 is 1.48. The third-order valence-electron chi connectivity index (χ3n) is 0.309. The van der Waals surface area contributed by atoms with Crippen LogP contribution in [0.25, 0.3) is 0 Å². The van der Waals surface area contributed by atoms with E-state index in [1.165, 1.54) is 11.3 Å². The van der Waals surface area contributed by atoms with Crippen LogP contribution in [-0.4, -0.2) is 4.98 Å². The molecule has 0 radical (unpaired) electrons. The summed E-state index contributed by atoms with van der Waals surface area (Å²) in [7, 11) is 0. The molecule has 0 aliphatic rings. The first-order chi connectivity index (χ1) is 2.50. The largest absolute Gasteiger partial charge is 0.368 e. The maximum Gasteiger partial charge on any atom is -0.0734 e. The average molecular weight is 84.1 g/mol. The third kappa shape index (κ3) is 0.450. The number of thiazole rings is 1. The van der Waals surface area contributed by atoms with E-state index in [1.807, 2.05) is 0 Å². The van der Waals surface area contributed by atoms with Gasteiger partial charge in [0.1, 0.15) is 0 Å². The molecule has 1 nitrogen and oxygen atoms in total. The van der Waals surface area contributed by atoms with Crippen molar-refractivity contribution >= 4 is 11.3 Å². The lowest BCUT2D eigenvalue weighted by molar-refractivity contribution is 1.42. The van der Waals surface area contributed by atoms with Crippen molar-refractivity contribution < 1.29 is 0 Å². The molecule has 0 saturated heterocycles. The van der Waals surface area contributed by atoms with Crippen LogP contribution < -0.4 is 0 Å². The fourth-order valence-electron chi connectivity index (χ4n) is 0.152. The van der Waals surface area contributed by atoms with Gasteiger partial charge in [0, 0.05) is 0 Å². The lowest BCUT2D eigenvalue weighted by atomic mass is 11.0. The molecule has 0 aliphatic carbocycles. The Kier molecular flexibility index (Phi) is 0.667. The Labute approximate surface area is 34.3 Å². The summed E-state index contributed by atoms with van der Waals surface area (Å²) in [6, 6.07) is 0. The van der Waals surface area contributed by atoms with Gasteiger partial charge in [0.05, 0.1) is 0 Å². The van der Waals surface area contributed by atoms with Gasteiger partial charge in [0.2, 0.25) is 0 Å². The highest BCUT2D eigenvalue weighted by atomic mass is 32.1. The molecule has 0 amide bonds. The molecule has 1 aromatic heterocycles. The normalized spacial score (nSPS) is 8.00. The second-order valence-electron chi connectivity index (χ2n) is 0.619. The highest BCUT2D eigenvalue weighted by Gasteiger charge is 1.44. The summed E-state index contributed by atoms with van der Waals surface area (Å²) in [5.41, 5.74) is 1.74. The van der Waals surface area contributed by atoms with Gasteiger partial charge in [-0.25, -0.2) is 0 Å². The molecule has 5 heavy (non-hydrogen) atoms. The van der Waals surface area contributed by atoms with Crippen LogP contribution in [0.5, 0.6) is 0 Å². The number of hydrogen-bond acceptors (Lipinski definition) is 2. The molecule has 0 bridgehead atoms. The van der Waals surface area contributed by atoms with Gasteiger partial charge in [0.25, 0.3) is 0 Å². The summed E-state index contributed by atoms with van der Waals surface area (Å²) in [5.74, 6) is 0. The van der Waals surface area contributed by atoms with E-state index in [9.17, 15) is 0 Å². The molecule has 26 valence electrons. The van der Waals surface area contributed by atoms with Crippen LogP contribution in [0.3, 0.4) is 0 Å². The van der Waals surface area contributed by atoms with Crippen LogP contribution in [0.15, 0.2) is 11.7 Å². The summed E-state index contributed by atoms with van der Waals surface area (Å²) in [6.07, 6.45) is 1.64. The van der Waals surface area contributed by atoms with E-state index >= 15 is 0 Å². The molecule has 0 aliphatic heterocycles. The average Bonchev–Trinajstić information content (AvgIpc) is 1.76. The summed E-state index contributed by atoms with van der Waals surface area (Å²) < 4.78 is 0. The Morgan fingerprint density at radius 1 is 1.80 bits per heavy atom. The molecule has 1 aromatic rings. The quantitative estimate of drug-likeness (QED) is 0.426. The van der Waals surface area contributed by atoms with Gasteiger partial charge in [-0.1, -0.05) is 11.7 Å². The number of hydrogen-bond donors (Lipinski definition) is 0. The van der Waals surface area contributed by atoms with Crippen molar-refractivity contribution in [1.29, 1.82) is 0 Å². The third-order valence-corrected chi connectivity index (χ3v) is 0.777. The zero-order chi connectivity index (χ0) is 3.54. The fourth-order valence-corrected chi connectivity index (χ4v) is 0.456. The van der Waals surface area contributed by atoms with E-state index in [2.05, 4.69) is 10.4 Å². The van der Waals surface area contributed by atoms with Crippen molar-refractivity contribution in [2.75, 3.05) is 0 Å². The van der Waals surface area contributed by atoms with E-state index < -0.39 is 0 Å². The van der Waals surface area contributed by atoms with Gasteiger partial charge in [-0.05, 0) is 0 Å². The van der Waals surface area contributed by atoms with Crippen molar-refractivity contribution in [3.63, 3.8) is 0 Å². The first-order valence-corrected chi connectivity index (χ1v) is 2.12. The standard InChI is InChI=1S/C3H2NS/c1-2-5-3-4-1/h1,3H/q-1. The van der Waals surface area contributed by atoms with Crippen molar-refractivity contribution in [2.24, 2.45) is 0 Å². The zero-order valence-electron chi connectivity index (χ0n) is 2.51. The molecule has 1 rings (SSSR count). The van der Waals surface area contributed by atoms with Crippen molar-refractivity contribution in [2.45, 2.75) is 0 Å². The van der Waals surface area contributed by atoms with Crippen LogP contribution in [-0.2, 0) is 0 Å². The summed E-state index contributed by atoms with van der Waals surface area (Å²) in [6.45, 7) is 0. The Hall–Kier alpha value is -0.370. The van der Waals surface area contributed by atoms with E-state index in [0.29, 0.717) is 0 Å². The maximum atomic E-state index is 3.69. The monoisotopic (exact) mass is 84.0 g/mol. The molecule has 0 atom stereocenters. The molecular weight excluding hydrogens is 82.1 g/mol. The van der Waals surface area contributed by atoms with Crippen molar-refractivity contribution in [3.05, 3.63) is 17.1 Å². The lowest BCUT2D eigenvalue weighted by Crippen LogP contribution is -1.38. The molecule has 2 heteroatoms. The Bertz CT molecular complexity index is 63.4. The van der Waals surface area contributed by atoms with Gasteiger partial charge in [-0.15, -0.1) is 0 Å². The number of aromatic nitrogens is 1. The van der Waals surface area contributed by atoms with Crippen molar-refractivity contribution in [1.82, 2.24) is 4.98 Å². The first kappa shape index (κ1) is 2.85. The topological polar surface area (TPSA) is 12.9 Å². The summed E-state index contributed by atoms with van der Waals surface area (Å²) in [4.78, 5) is 3.69. The number of rotatable bonds is 0. The Balaban J connectivity index is 3.13. The highest BCUT2D eigenvalue weighted by Crippen LogP contribution is 1.84. The highest BCUT2D eigenvalue weighted by molar-refractivity contribution is 7.06. The minimum absolute atomic E-state index is 1.48. The molecular formula is C3H2NS-. The number of nitrogens with zero attached hydrogens (tertiary/aromatic N) is 1. The zero-order valence-corrected chi connectivity index (χ0v) is 3.33. The predicted octanol–water partition coefficient (Wildman–Crippen LogP) is 0.943. The van der Waals surface area contributed by atoms with E-state index in [4.69, 9.17) is 0 Å². The van der Waals surface area contributed by atoms with Gasteiger partial charge >= 0.3 is 0 Å². The van der Waals surface area contributed by atoms with Gasteiger partial charge in [-0.3, -0.25) is 0 Å². The van der Waals surface area contributed by atoms with Crippen molar-refractivity contribution in [3.8, 4) is 0 Å². The van der Waals surface area contributed by atoms with Gasteiger partial charge in [-0.2, -0.15) is 5.38 Å². The molecule has 0 aromatic carbocycles. The molecule has 1 heterocycles. The first-order valence-electron chi connectivity index (χ1n) is 1.24. The molecule has 0 spiro atoms. The smallest absolute Gasteiger partial charge is 0.0734 e. The van der Waals surface area contributed by atoms with Crippen LogP contribution in [0, 0.1) is 5.38 Å². The Morgan fingerprint density at radius 3 is 3.00 bits per heavy atom. The fraction of sp³-hybridized carbons (Fsp3) is 0. The lowest BCUT2D eigenvalue weighted by Gasteiger charge is -1.55. The Morgan fingerprint density at radius 2 is 2.80 bits per heavy atom. The van der Waals surface area contributed by atoms with Crippen LogP contribution >= 0.6 is 11.3 Å². The minimum atomic E-state index is 1.48. The van der Waals surface area contributed by atoms with Crippen LogP contribution in [0.4, 0.5) is 0 Å². The second-order valence-corrected chi connectivity index (χ2v) is 1.30. The van der Waals surface area contributed by atoms with Gasteiger partial charge < -0.3 is 16.3 Å². The van der Waals surface area contributed by atoms with Gasteiger partial charge in [0.15, 0.2) is 0 Å². The summed E-state index contributed by atoms with van der Waals surface area (Å²) in [5, 5.41) is 2.79. The van der Waals surface area contributed by atoms with Crippen LogP contribution in [0.1, 0.15) is 0 Å².